The number of hydrogen-bond donors (Lipinski definition) is 2. The number of aryl methyl sites for hydroxylation is 1. The molecule has 1 heterocycles. The van der Waals surface area contributed by atoms with Gasteiger partial charge in [-0.15, -0.1) is 0 Å². The number of ether oxygens (including phenoxy) is 2. The van der Waals surface area contributed by atoms with Gasteiger partial charge in [-0.25, -0.2) is 18.1 Å². The molecular weight excluding hydrogens is 322 g/mol. The molecule has 0 bridgehead atoms. The molecule has 0 aliphatic carbocycles. The molecule has 2 aromatic rings. The van der Waals surface area contributed by atoms with Gasteiger partial charge in [0.05, 0.1) is 26.7 Å². The number of nitrogens with one attached hydrogen (secondary N) is 1. The van der Waals surface area contributed by atoms with Gasteiger partial charge in [0.25, 0.3) is 10.0 Å². The standard InChI is InChI=1S/C14H19N3O5S/c1-17-8-14(15-9-17)23(19,20)16-7-11(18)10-4-5-12(21-2)13(6-10)22-3/h4-6,8-9,11,16,18H,7H2,1-3H3. The molecule has 23 heavy (non-hydrogen) atoms. The van der Waals surface area contributed by atoms with Crippen molar-refractivity contribution in [2.24, 2.45) is 7.05 Å². The minimum Gasteiger partial charge on any atom is -0.493 e. The van der Waals surface area contributed by atoms with E-state index in [0.717, 1.165) is 0 Å². The molecule has 0 fully saturated rings. The number of hydrogen-bond acceptors (Lipinski definition) is 6. The average molecular weight is 341 g/mol. The molecule has 2 rings (SSSR count). The number of rotatable bonds is 7. The van der Waals surface area contributed by atoms with Crippen LogP contribution in [0.15, 0.2) is 35.7 Å². The van der Waals surface area contributed by atoms with E-state index in [0.29, 0.717) is 17.1 Å². The lowest BCUT2D eigenvalue weighted by atomic mass is 10.1. The molecule has 0 saturated heterocycles. The SMILES string of the molecule is COc1ccc(C(O)CNS(=O)(=O)c2cn(C)cn2)cc1OC. The fourth-order valence-electron chi connectivity index (χ4n) is 1.97. The summed E-state index contributed by atoms with van der Waals surface area (Å²) in [6.45, 7) is -0.186. The van der Waals surface area contributed by atoms with E-state index in [-0.39, 0.29) is 11.6 Å². The molecule has 0 aliphatic heterocycles. The lowest BCUT2D eigenvalue weighted by Gasteiger charge is -2.14. The van der Waals surface area contributed by atoms with E-state index in [1.807, 2.05) is 0 Å². The van der Waals surface area contributed by atoms with Crippen LogP contribution in [0.3, 0.4) is 0 Å². The third-order valence-corrected chi connectivity index (χ3v) is 4.52. The Labute approximate surface area is 134 Å². The van der Waals surface area contributed by atoms with Gasteiger partial charge in [-0.2, -0.15) is 0 Å². The maximum absolute atomic E-state index is 12.1. The summed E-state index contributed by atoms with van der Waals surface area (Å²) in [7, 11) is 0.895. The second-order valence-corrected chi connectivity index (χ2v) is 6.57. The van der Waals surface area contributed by atoms with Gasteiger partial charge >= 0.3 is 0 Å². The molecule has 1 atom stereocenters. The van der Waals surface area contributed by atoms with Crippen molar-refractivity contribution in [3.8, 4) is 11.5 Å². The first-order valence-electron chi connectivity index (χ1n) is 6.75. The summed E-state index contributed by atoms with van der Waals surface area (Å²) in [6, 6.07) is 4.88. The van der Waals surface area contributed by atoms with Crippen molar-refractivity contribution in [1.82, 2.24) is 14.3 Å². The van der Waals surface area contributed by atoms with Crippen LogP contribution in [0.1, 0.15) is 11.7 Å². The van der Waals surface area contributed by atoms with Crippen molar-refractivity contribution in [2.45, 2.75) is 11.1 Å². The molecule has 0 spiro atoms. The van der Waals surface area contributed by atoms with Crippen molar-refractivity contribution < 1.29 is 23.0 Å². The Morgan fingerprint density at radius 2 is 2.00 bits per heavy atom. The van der Waals surface area contributed by atoms with Crippen molar-refractivity contribution >= 4 is 10.0 Å². The van der Waals surface area contributed by atoms with Gasteiger partial charge in [-0.3, -0.25) is 0 Å². The van der Waals surface area contributed by atoms with Crippen molar-refractivity contribution in [3.63, 3.8) is 0 Å². The van der Waals surface area contributed by atoms with Crippen LogP contribution in [-0.4, -0.2) is 43.8 Å². The molecular formula is C14H19N3O5S. The molecule has 126 valence electrons. The highest BCUT2D eigenvalue weighted by Crippen LogP contribution is 2.29. The molecule has 0 amide bonds. The molecule has 1 unspecified atom stereocenters. The number of aliphatic hydroxyl groups excluding tert-OH is 1. The van der Waals surface area contributed by atoms with E-state index in [9.17, 15) is 13.5 Å². The number of nitrogens with zero attached hydrogens (tertiary/aromatic N) is 2. The fourth-order valence-corrected chi connectivity index (χ4v) is 2.98. The second kappa shape index (κ2) is 6.99. The van der Waals surface area contributed by atoms with E-state index in [4.69, 9.17) is 9.47 Å². The van der Waals surface area contributed by atoms with E-state index in [1.165, 1.54) is 31.3 Å². The summed E-state index contributed by atoms with van der Waals surface area (Å²) in [5, 5.41) is 10.1. The number of sulfonamides is 1. The number of methoxy groups -OCH3 is 2. The van der Waals surface area contributed by atoms with Crippen LogP contribution < -0.4 is 14.2 Å². The molecule has 0 radical (unpaired) electrons. The lowest BCUT2D eigenvalue weighted by molar-refractivity contribution is 0.181. The highest BCUT2D eigenvalue weighted by molar-refractivity contribution is 7.89. The van der Waals surface area contributed by atoms with Crippen LogP contribution in [0.5, 0.6) is 11.5 Å². The predicted octanol–water partition coefficient (Wildman–Crippen LogP) is 0.449. The normalized spacial score (nSPS) is 12.9. The Morgan fingerprint density at radius 3 is 2.57 bits per heavy atom. The zero-order chi connectivity index (χ0) is 17.0. The Balaban J connectivity index is 2.09. The Morgan fingerprint density at radius 1 is 1.30 bits per heavy atom. The summed E-state index contributed by atoms with van der Waals surface area (Å²) in [4.78, 5) is 3.78. The van der Waals surface area contributed by atoms with Crippen LogP contribution in [0, 0.1) is 0 Å². The first-order valence-corrected chi connectivity index (χ1v) is 8.23. The smallest absolute Gasteiger partial charge is 0.259 e. The van der Waals surface area contributed by atoms with Gasteiger partial charge in [0, 0.05) is 19.8 Å². The average Bonchev–Trinajstić information content (AvgIpc) is 2.99. The molecule has 9 heteroatoms. The molecule has 0 aliphatic rings. The predicted molar refractivity (Wildman–Crippen MR) is 82.9 cm³/mol. The van der Waals surface area contributed by atoms with E-state index >= 15 is 0 Å². The lowest BCUT2D eigenvalue weighted by Crippen LogP contribution is -2.28. The Kier molecular flexibility index (Phi) is 5.24. The zero-order valence-electron chi connectivity index (χ0n) is 13.1. The minimum atomic E-state index is -3.77. The Bertz CT molecular complexity index is 772. The van der Waals surface area contributed by atoms with Crippen molar-refractivity contribution in [3.05, 3.63) is 36.3 Å². The minimum absolute atomic E-state index is 0.0977. The van der Waals surface area contributed by atoms with E-state index in [1.54, 1.807) is 25.2 Å². The molecule has 1 aromatic carbocycles. The highest BCUT2D eigenvalue weighted by Gasteiger charge is 2.19. The second-order valence-electron chi connectivity index (χ2n) is 4.86. The zero-order valence-corrected chi connectivity index (χ0v) is 13.9. The highest BCUT2D eigenvalue weighted by atomic mass is 32.2. The molecule has 0 saturated carbocycles. The van der Waals surface area contributed by atoms with Crippen LogP contribution in [0.25, 0.3) is 0 Å². The van der Waals surface area contributed by atoms with Crippen LogP contribution in [0.4, 0.5) is 0 Å². The molecule has 2 N–H and O–H groups in total. The first kappa shape index (κ1) is 17.3. The largest absolute Gasteiger partial charge is 0.493 e. The third kappa shape index (κ3) is 4.01. The van der Waals surface area contributed by atoms with E-state index < -0.39 is 16.1 Å². The number of aliphatic hydroxyl groups is 1. The van der Waals surface area contributed by atoms with Crippen molar-refractivity contribution in [1.29, 1.82) is 0 Å². The van der Waals surface area contributed by atoms with Gasteiger partial charge in [-0.1, -0.05) is 6.07 Å². The van der Waals surface area contributed by atoms with Gasteiger partial charge in [-0.05, 0) is 17.7 Å². The van der Waals surface area contributed by atoms with Gasteiger partial charge < -0.3 is 19.1 Å². The summed E-state index contributed by atoms with van der Waals surface area (Å²) < 4.78 is 38.3. The number of benzene rings is 1. The quantitative estimate of drug-likeness (QED) is 0.758. The van der Waals surface area contributed by atoms with Crippen LogP contribution >= 0.6 is 0 Å². The summed E-state index contributed by atoms with van der Waals surface area (Å²) in [5.41, 5.74) is 0.506. The summed E-state index contributed by atoms with van der Waals surface area (Å²) >= 11 is 0. The Hall–Kier alpha value is -2.10. The van der Waals surface area contributed by atoms with Crippen LogP contribution in [0.2, 0.25) is 0 Å². The number of aromatic nitrogens is 2. The maximum atomic E-state index is 12.1. The van der Waals surface area contributed by atoms with Gasteiger partial charge in [0.15, 0.2) is 16.5 Å². The van der Waals surface area contributed by atoms with Gasteiger partial charge in [0.1, 0.15) is 0 Å². The van der Waals surface area contributed by atoms with Crippen molar-refractivity contribution in [2.75, 3.05) is 20.8 Å². The van der Waals surface area contributed by atoms with E-state index in [2.05, 4.69) is 9.71 Å². The fraction of sp³-hybridized carbons (Fsp3) is 0.357. The summed E-state index contributed by atoms with van der Waals surface area (Å²) in [6.07, 6.45) is 1.73. The number of imidazole rings is 1. The maximum Gasteiger partial charge on any atom is 0.259 e. The molecule has 8 nitrogen and oxygen atoms in total. The topological polar surface area (TPSA) is 103 Å². The van der Waals surface area contributed by atoms with Gasteiger partial charge in [0.2, 0.25) is 0 Å². The molecule has 1 aromatic heterocycles. The monoisotopic (exact) mass is 341 g/mol. The summed E-state index contributed by atoms with van der Waals surface area (Å²) in [5.74, 6) is 0.981. The van der Waals surface area contributed by atoms with Crippen LogP contribution in [-0.2, 0) is 17.1 Å². The first-order chi connectivity index (χ1) is 10.9. The third-order valence-electron chi connectivity index (χ3n) is 3.22.